The van der Waals surface area contributed by atoms with Crippen molar-refractivity contribution in [2.75, 3.05) is 17.2 Å². The molecule has 0 saturated carbocycles. The third-order valence-electron chi connectivity index (χ3n) is 14.7. The molecule has 29 heteroatoms. The number of benzene rings is 5. The fraction of sp³-hybridized carbons (Fsp3) is 0.0896. The summed E-state index contributed by atoms with van der Waals surface area (Å²) in [5.74, 6) is 1.47. The van der Waals surface area contributed by atoms with Gasteiger partial charge in [-0.3, -0.25) is 14.6 Å². The summed E-state index contributed by atoms with van der Waals surface area (Å²) in [4.78, 5) is 68.6. The quantitative estimate of drug-likeness (QED) is 0.0499. The topological polar surface area (TPSA) is 309 Å². The summed E-state index contributed by atoms with van der Waals surface area (Å²) in [6, 6.07) is 46.6. The smallest absolute Gasteiger partial charge is 0.165 e. The van der Waals surface area contributed by atoms with E-state index < -0.39 is 0 Å². The monoisotopic (exact) mass is 1750 g/mol. The highest BCUT2D eigenvalue weighted by Crippen LogP contribution is 2.30. The molecule has 7 N–H and O–H groups in total. The lowest BCUT2D eigenvalue weighted by atomic mass is 9.91. The molecular formula is C67H48BrCl4I3N18O3. The van der Waals surface area contributed by atoms with E-state index in [-0.39, 0.29) is 17.5 Å². The van der Waals surface area contributed by atoms with Gasteiger partial charge >= 0.3 is 0 Å². The van der Waals surface area contributed by atoms with E-state index in [4.69, 9.17) is 68.7 Å². The number of rotatable bonds is 7. The second kappa shape index (κ2) is 31.8. The van der Waals surface area contributed by atoms with Crippen LogP contribution in [0.4, 0.5) is 17.5 Å². The van der Waals surface area contributed by atoms with Crippen LogP contribution in [0.1, 0.15) is 49.4 Å². The number of Topliss-reactive ketones (excluding diaryl/α,β-unsaturated/α-hetero) is 1. The number of carbonyl (C=O) groups is 2. The Labute approximate surface area is 616 Å². The normalized spacial score (nSPS) is 12.0. The molecule has 5 aromatic carbocycles. The number of pyridine rings is 4. The fourth-order valence-electron chi connectivity index (χ4n) is 9.96. The maximum absolute atomic E-state index is 12.4. The highest BCUT2D eigenvalue weighted by atomic mass is 127. The molecule has 0 spiro atoms. The predicted octanol–water partition coefficient (Wildman–Crippen LogP) is 15.1. The standard InChI is InChI=1S/C16H12IN5O.C15H10ClIN6.C10H7BrClN.C10H8ClNO.C10H6ClNO.C6H5IN4/c17-14-13-15(18)19-8-20-16(13)22(21-14)7-11-5-9-3-1-2-4-10(9)6-12(11)23;16-12-9(5-8-3-1-2-4-10(8)21-12)6-23-15-11(13(17)22-23)14(18)19-7-20-15;11-6-8-5-7-3-1-2-4-9(7)13-10(8)12;2*11-10-8(6-13)5-7-3-1-2-4-9(7)12-10;7-5-4-3(1-9-5)10-2-11-6(4)8/h1-5,8H,6-7H2,(H2,18,19,20);1-5,7H,6H2,(H2,18,19,20);1-5H,6H2;1-5,13H,6H2;1-6H;2H,1H2,(H2,8,10,11). The number of hydrogen-bond acceptors (Lipinski definition) is 19. The molecule has 2 aliphatic rings. The first-order chi connectivity index (χ1) is 46.5. The second-order valence-electron chi connectivity index (χ2n) is 20.8. The molecule has 0 unspecified atom stereocenters. The van der Waals surface area contributed by atoms with Gasteiger partial charge in [0.1, 0.15) is 68.2 Å². The molecule has 14 aromatic rings. The maximum atomic E-state index is 12.4. The van der Waals surface area contributed by atoms with Crippen LogP contribution in [0.25, 0.3) is 71.8 Å². The third-order valence-corrected chi connectivity index (χ3v) is 19.0. The molecule has 16 rings (SSSR count). The molecule has 0 bridgehead atoms. The fourth-order valence-corrected chi connectivity index (χ4v) is 13.7. The minimum atomic E-state index is -0.0728. The zero-order valence-electron chi connectivity index (χ0n) is 49.7. The van der Waals surface area contributed by atoms with Crippen LogP contribution in [-0.4, -0.2) is 90.3 Å². The van der Waals surface area contributed by atoms with Crippen LogP contribution < -0.4 is 17.2 Å². The summed E-state index contributed by atoms with van der Waals surface area (Å²) in [7, 11) is 0. The first-order valence-electron chi connectivity index (χ1n) is 28.6. The highest BCUT2D eigenvalue weighted by Gasteiger charge is 2.22. The highest BCUT2D eigenvalue weighted by molar-refractivity contribution is 14.1. The van der Waals surface area contributed by atoms with Crippen LogP contribution in [0.2, 0.25) is 20.6 Å². The van der Waals surface area contributed by atoms with Crippen molar-refractivity contribution in [1.82, 2.24) is 69.4 Å². The number of nitrogen functional groups attached to an aromatic ring is 3. The van der Waals surface area contributed by atoms with E-state index >= 15 is 0 Å². The van der Waals surface area contributed by atoms with Crippen LogP contribution in [0.5, 0.6) is 0 Å². The average molecular weight is 1760 g/mol. The molecule has 96 heavy (non-hydrogen) atoms. The summed E-state index contributed by atoms with van der Waals surface area (Å²) in [5, 5.41) is 25.9. The Balaban J connectivity index is 0.000000120. The largest absolute Gasteiger partial charge is 0.392 e. The minimum absolute atomic E-state index is 0.0728. The molecule has 0 amide bonds. The van der Waals surface area contributed by atoms with Gasteiger partial charge in [-0.05, 0) is 134 Å². The molecule has 1 aliphatic heterocycles. The van der Waals surface area contributed by atoms with Gasteiger partial charge in [0.2, 0.25) is 0 Å². The van der Waals surface area contributed by atoms with Crippen LogP contribution in [0.3, 0.4) is 0 Å². The molecule has 480 valence electrons. The number of nitrogens with two attached hydrogens (primary N) is 3. The van der Waals surface area contributed by atoms with Crippen molar-refractivity contribution in [3.8, 4) is 0 Å². The number of carbonyl (C=O) groups excluding carboxylic acids is 2. The van der Waals surface area contributed by atoms with Crippen molar-refractivity contribution in [2.45, 2.75) is 38.0 Å². The number of aliphatic hydroxyl groups excluding tert-OH is 1. The number of halogens is 8. The number of aromatic nitrogens is 14. The van der Waals surface area contributed by atoms with E-state index in [1.807, 2.05) is 140 Å². The Morgan fingerprint density at radius 2 is 0.990 bits per heavy atom. The molecule has 0 atom stereocenters. The van der Waals surface area contributed by atoms with Gasteiger partial charge in [-0.15, -0.1) is 0 Å². The van der Waals surface area contributed by atoms with Crippen molar-refractivity contribution in [1.29, 1.82) is 0 Å². The van der Waals surface area contributed by atoms with Gasteiger partial charge in [0.25, 0.3) is 0 Å². The zero-order valence-corrected chi connectivity index (χ0v) is 60.8. The minimum Gasteiger partial charge on any atom is -0.392 e. The van der Waals surface area contributed by atoms with Gasteiger partial charge in [-0.2, -0.15) is 10.2 Å². The number of aliphatic imine (C=N–C) groups is 1. The van der Waals surface area contributed by atoms with Gasteiger partial charge in [-0.1, -0.05) is 159 Å². The van der Waals surface area contributed by atoms with Gasteiger partial charge in [0.15, 0.2) is 23.4 Å². The zero-order chi connectivity index (χ0) is 67.6. The van der Waals surface area contributed by atoms with Crippen LogP contribution >= 0.6 is 130 Å². The van der Waals surface area contributed by atoms with Crippen molar-refractivity contribution in [3.63, 3.8) is 0 Å². The second-order valence-corrected chi connectivity index (χ2v) is 25.9. The number of anilines is 3. The molecule has 9 aromatic heterocycles. The van der Waals surface area contributed by atoms with Crippen molar-refractivity contribution < 1.29 is 14.7 Å². The summed E-state index contributed by atoms with van der Waals surface area (Å²) < 4.78 is 5.90. The van der Waals surface area contributed by atoms with E-state index in [9.17, 15) is 9.59 Å². The summed E-state index contributed by atoms with van der Waals surface area (Å²) in [5.41, 5.74) is 30.0. The van der Waals surface area contributed by atoms with Gasteiger partial charge in [0.05, 0.1) is 75.9 Å². The van der Waals surface area contributed by atoms with Crippen molar-refractivity contribution in [2.24, 2.45) is 4.99 Å². The molecule has 10 heterocycles. The first kappa shape index (κ1) is 69.2. The van der Waals surface area contributed by atoms with Gasteiger partial charge in [0, 0.05) is 55.6 Å². The predicted molar refractivity (Wildman–Crippen MR) is 409 cm³/mol. The lowest BCUT2D eigenvalue weighted by molar-refractivity contribution is -0.115. The molecular weight excluding hydrogens is 1710 g/mol. The molecule has 0 fully saturated rings. The van der Waals surface area contributed by atoms with E-state index in [1.165, 1.54) is 19.0 Å². The summed E-state index contributed by atoms with van der Waals surface area (Å²) in [6.45, 7) is 1.41. The maximum Gasteiger partial charge on any atom is 0.165 e. The average Bonchev–Trinajstić information content (AvgIpc) is 1.28. The number of ketones is 1. The lowest BCUT2D eigenvalue weighted by Gasteiger charge is -2.15. The molecule has 0 radical (unpaired) electrons. The van der Waals surface area contributed by atoms with E-state index in [0.717, 1.165) is 110 Å². The number of hydrogen-bond donors (Lipinski definition) is 4. The van der Waals surface area contributed by atoms with Crippen LogP contribution in [0, 0.1) is 7.40 Å². The van der Waals surface area contributed by atoms with Crippen LogP contribution in [0.15, 0.2) is 175 Å². The number of aliphatic hydroxyl groups is 1. The molecule has 0 saturated heterocycles. The number of nitrogens with zero attached hydrogens (tertiary/aromatic N) is 15. The van der Waals surface area contributed by atoms with E-state index in [0.29, 0.717) is 87.7 Å². The van der Waals surface area contributed by atoms with Crippen LogP contribution in [-0.2, 0) is 42.8 Å². The number of para-hydroxylation sites is 4. The third kappa shape index (κ3) is 16.1. The number of allylic oxidation sites excluding steroid dienone is 1. The molecule has 1 aliphatic carbocycles. The molecule has 21 nitrogen and oxygen atoms in total. The Bertz CT molecular complexity index is 5270. The van der Waals surface area contributed by atoms with Gasteiger partial charge < -0.3 is 22.3 Å². The first-order valence-corrected chi connectivity index (χ1v) is 34.5. The Morgan fingerprint density at radius 1 is 0.542 bits per heavy atom. The number of fused-ring (bicyclic) bond motifs is 8. The SMILES string of the molecule is Clc1nc2ccccc2cc1CBr.Nc1ncnc2c1C(I)=NC2.Nc1ncnc2c1c(I)nn2CC1=Cc2ccccc2CC1=O.Nc1ncnc2c1c(I)nn2Cc1cc2ccccc2nc1Cl.O=Cc1cc2ccccc2nc1Cl.OCc1cc2ccccc2nc1Cl. The number of alkyl halides is 1. The van der Waals surface area contributed by atoms with E-state index in [2.05, 4.69) is 155 Å². The Morgan fingerprint density at radius 3 is 1.52 bits per heavy atom. The van der Waals surface area contributed by atoms with Crippen molar-refractivity contribution in [3.05, 3.63) is 243 Å². The van der Waals surface area contributed by atoms with Gasteiger partial charge in [-0.25, -0.2) is 59.2 Å². The Kier molecular flexibility index (Phi) is 22.9. The summed E-state index contributed by atoms with van der Waals surface area (Å²) >= 11 is 33.6. The lowest BCUT2D eigenvalue weighted by Crippen LogP contribution is -2.17. The van der Waals surface area contributed by atoms with Crippen molar-refractivity contribution >= 4 is 235 Å². The Hall–Kier alpha value is -8.14. The number of aldehydes is 1. The van der Waals surface area contributed by atoms with E-state index in [1.54, 1.807) is 15.4 Å². The summed E-state index contributed by atoms with van der Waals surface area (Å²) in [6.07, 6.45) is 7.40.